The third-order valence-electron chi connectivity index (χ3n) is 7.02. The van der Waals surface area contributed by atoms with Crippen LogP contribution >= 0.6 is 15.9 Å². The molecule has 5 aromatic carbocycles. The minimum absolute atomic E-state index is 0.173. The number of carbonyl (C=O) groups excluding carboxylic acids is 1. The molecule has 0 aliphatic rings. The van der Waals surface area contributed by atoms with Crippen LogP contribution in [0.3, 0.4) is 0 Å². The summed E-state index contributed by atoms with van der Waals surface area (Å²) in [5, 5.41) is 3.96. The van der Waals surface area contributed by atoms with Gasteiger partial charge in [-0.25, -0.2) is 13.4 Å². The van der Waals surface area contributed by atoms with Gasteiger partial charge in [-0.3, -0.25) is 9.52 Å². The van der Waals surface area contributed by atoms with E-state index in [2.05, 4.69) is 50.2 Å². The second-order valence-electron chi connectivity index (χ2n) is 10.1. The highest BCUT2D eigenvalue weighted by atomic mass is 79.9. The third kappa shape index (κ3) is 6.35. The van der Waals surface area contributed by atoms with Crippen molar-refractivity contribution in [3.8, 4) is 22.4 Å². The molecule has 6 aromatic rings. The number of amides is 1. The number of nitrogens with zero attached hydrogens (tertiary/aromatic N) is 1. The van der Waals surface area contributed by atoms with Gasteiger partial charge in [-0.1, -0.05) is 76.1 Å². The van der Waals surface area contributed by atoms with Crippen molar-refractivity contribution in [1.82, 2.24) is 4.98 Å². The Bertz CT molecular complexity index is 2050. The van der Waals surface area contributed by atoms with Gasteiger partial charge in [-0.05, 0) is 90.8 Å². The maximum atomic E-state index is 12.9. The number of fused-ring (bicyclic) bond motifs is 1. The molecule has 0 bridgehead atoms. The number of benzene rings is 5. The summed E-state index contributed by atoms with van der Waals surface area (Å²) in [6, 6.07) is 38.8. The van der Waals surface area contributed by atoms with Gasteiger partial charge in [0, 0.05) is 32.4 Å². The zero-order valence-electron chi connectivity index (χ0n) is 23.1. The lowest BCUT2D eigenvalue weighted by Crippen LogP contribution is -2.14. The normalized spacial score (nSPS) is 11.3. The predicted molar refractivity (Wildman–Crippen MR) is 177 cm³/mol. The largest absolute Gasteiger partial charge is 0.322 e. The Morgan fingerprint density at radius 2 is 1.40 bits per heavy atom. The maximum absolute atomic E-state index is 12.9. The van der Waals surface area contributed by atoms with E-state index >= 15 is 0 Å². The molecule has 212 valence electrons. The standard InChI is InChI=1S/C35H26BrN3O3S/c1-23-7-18-30(19-8-23)43(41,42)39-29-16-11-26(12-17-29)35(40)37-28-14-9-25(10-15-28)34-22-31(24-5-3-2-4-6-24)32-21-27(36)13-20-33(32)38-34/h2-22,39H,1H3,(H,37,40). The first kappa shape index (κ1) is 28.3. The minimum atomic E-state index is -3.73. The molecule has 0 fully saturated rings. The number of aromatic nitrogens is 1. The van der Waals surface area contributed by atoms with E-state index in [0.29, 0.717) is 16.9 Å². The molecule has 8 heteroatoms. The number of nitrogens with one attached hydrogen (secondary N) is 2. The van der Waals surface area contributed by atoms with Gasteiger partial charge < -0.3 is 5.32 Å². The van der Waals surface area contributed by atoms with Crippen LogP contribution in [0.5, 0.6) is 0 Å². The first-order chi connectivity index (χ1) is 20.7. The molecule has 6 rings (SSSR count). The number of halogens is 1. The van der Waals surface area contributed by atoms with Crippen molar-refractivity contribution in [1.29, 1.82) is 0 Å². The molecule has 43 heavy (non-hydrogen) atoms. The molecule has 0 aliphatic carbocycles. The summed E-state index contributed by atoms with van der Waals surface area (Å²) in [7, 11) is -3.73. The first-order valence-electron chi connectivity index (χ1n) is 13.5. The first-order valence-corrected chi connectivity index (χ1v) is 15.8. The van der Waals surface area contributed by atoms with E-state index in [0.717, 1.165) is 43.3 Å². The van der Waals surface area contributed by atoms with Crippen LogP contribution in [-0.2, 0) is 10.0 Å². The van der Waals surface area contributed by atoms with Crippen molar-refractivity contribution in [2.24, 2.45) is 0 Å². The van der Waals surface area contributed by atoms with Crippen LogP contribution in [0.2, 0.25) is 0 Å². The van der Waals surface area contributed by atoms with E-state index in [1.165, 1.54) is 0 Å². The third-order valence-corrected chi connectivity index (χ3v) is 8.92. The lowest BCUT2D eigenvalue weighted by Gasteiger charge is -2.12. The molecular formula is C35H26BrN3O3S. The Kier molecular flexibility index (Phi) is 7.80. The van der Waals surface area contributed by atoms with Gasteiger partial charge in [0.25, 0.3) is 15.9 Å². The predicted octanol–water partition coefficient (Wildman–Crippen LogP) is 8.69. The Labute approximate surface area is 258 Å². The quantitative estimate of drug-likeness (QED) is 0.181. The number of anilines is 2. The van der Waals surface area contributed by atoms with Gasteiger partial charge >= 0.3 is 0 Å². The number of hydrogen-bond donors (Lipinski definition) is 2. The minimum Gasteiger partial charge on any atom is -0.322 e. The Balaban J connectivity index is 1.18. The molecule has 1 heterocycles. The fraction of sp³-hybridized carbons (Fsp3) is 0.0286. The zero-order valence-corrected chi connectivity index (χ0v) is 25.5. The van der Waals surface area contributed by atoms with Crippen molar-refractivity contribution in [3.05, 3.63) is 143 Å². The van der Waals surface area contributed by atoms with Crippen molar-refractivity contribution < 1.29 is 13.2 Å². The molecular weight excluding hydrogens is 622 g/mol. The van der Waals surface area contributed by atoms with E-state index < -0.39 is 10.0 Å². The SMILES string of the molecule is Cc1ccc(S(=O)(=O)Nc2ccc(C(=O)Nc3ccc(-c4cc(-c5ccccc5)c5cc(Br)ccc5n4)cc3)cc2)cc1. The highest BCUT2D eigenvalue weighted by molar-refractivity contribution is 9.10. The van der Waals surface area contributed by atoms with Crippen molar-refractivity contribution >= 4 is 54.1 Å². The van der Waals surface area contributed by atoms with Crippen LogP contribution in [0, 0.1) is 6.92 Å². The number of hydrogen-bond acceptors (Lipinski definition) is 4. The van der Waals surface area contributed by atoms with E-state index in [-0.39, 0.29) is 10.8 Å². The van der Waals surface area contributed by atoms with Gasteiger partial charge in [-0.15, -0.1) is 0 Å². The average molecular weight is 649 g/mol. The number of aryl methyl sites for hydroxylation is 1. The smallest absolute Gasteiger partial charge is 0.261 e. The summed E-state index contributed by atoms with van der Waals surface area (Å²) < 4.78 is 28.9. The molecule has 1 amide bonds. The fourth-order valence-electron chi connectivity index (χ4n) is 4.75. The van der Waals surface area contributed by atoms with E-state index in [1.54, 1.807) is 48.5 Å². The summed E-state index contributed by atoms with van der Waals surface area (Å²) in [5.41, 5.74) is 7.20. The Morgan fingerprint density at radius 1 is 0.721 bits per heavy atom. The fourth-order valence-corrected chi connectivity index (χ4v) is 6.17. The van der Waals surface area contributed by atoms with E-state index in [1.807, 2.05) is 61.5 Å². The second-order valence-corrected chi connectivity index (χ2v) is 12.7. The Morgan fingerprint density at radius 3 is 2.09 bits per heavy atom. The van der Waals surface area contributed by atoms with Crippen molar-refractivity contribution in [3.63, 3.8) is 0 Å². The van der Waals surface area contributed by atoms with Gasteiger partial charge in [0.1, 0.15) is 0 Å². The summed E-state index contributed by atoms with van der Waals surface area (Å²) in [4.78, 5) is 18.0. The van der Waals surface area contributed by atoms with Gasteiger partial charge in [0.15, 0.2) is 0 Å². The molecule has 0 radical (unpaired) electrons. The molecule has 0 spiro atoms. The molecule has 0 atom stereocenters. The van der Waals surface area contributed by atoms with Crippen LogP contribution in [0.1, 0.15) is 15.9 Å². The average Bonchev–Trinajstić information content (AvgIpc) is 3.02. The topological polar surface area (TPSA) is 88.2 Å². The molecule has 1 aromatic heterocycles. The number of pyridine rings is 1. The van der Waals surface area contributed by atoms with Gasteiger partial charge in [-0.2, -0.15) is 0 Å². The van der Waals surface area contributed by atoms with Crippen molar-refractivity contribution in [2.75, 3.05) is 10.0 Å². The summed E-state index contributed by atoms with van der Waals surface area (Å²) in [5.74, 6) is -0.304. The summed E-state index contributed by atoms with van der Waals surface area (Å²) >= 11 is 3.58. The molecule has 2 N–H and O–H groups in total. The van der Waals surface area contributed by atoms with Crippen LogP contribution in [-0.4, -0.2) is 19.3 Å². The van der Waals surface area contributed by atoms with Crippen LogP contribution in [0.25, 0.3) is 33.3 Å². The molecule has 0 saturated carbocycles. The van der Waals surface area contributed by atoms with Crippen LogP contribution in [0.15, 0.2) is 137 Å². The summed E-state index contributed by atoms with van der Waals surface area (Å²) in [6.45, 7) is 1.89. The van der Waals surface area contributed by atoms with E-state index in [9.17, 15) is 13.2 Å². The zero-order chi connectivity index (χ0) is 30.0. The number of carbonyl (C=O) groups is 1. The molecule has 0 aliphatic heterocycles. The van der Waals surface area contributed by atoms with E-state index in [4.69, 9.17) is 4.98 Å². The van der Waals surface area contributed by atoms with Gasteiger partial charge in [0.2, 0.25) is 0 Å². The van der Waals surface area contributed by atoms with Crippen molar-refractivity contribution in [2.45, 2.75) is 11.8 Å². The number of sulfonamides is 1. The maximum Gasteiger partial charge on any atom is 0.261 e. The molecule has 0 saturated heterocycles. The van der Waals surface area contributed by atoms with Crippen LogP contribution in [0.4, 0.5) is 11.4 Å². The highest BCUT2D eigenvalue weighted by Gasteiger charge is 2.15. The lowest BCUT2D eigenvalue weighted by atomic mass is 9.98. The number of rotatable bonds is 7. The molecule has 6 nitrogen and oxygen atoms in total. The highest BCUT2D eigenvalue weighted by Crippen LogP contribution is 2.34. The Hall–Kier alpha value is -4.79. The second kappa shape index (κ2) is 11.8. The molecule has 0 unspecified atom stereocenters. The van der Waals surface area contributed by atoms with Crippen LogP contribution < -0.4 is 10.0 Å². The summed E-state index contributed by atoms with van der Waals surface area (Å²) in [6.07, 6.45) is 0. The lowest BCUT2D eigenvalue weighted by molar-refractivity contribution is 0.102. The monoisotopic (exact) mass is 647 g/mol. The van der Waals surface area contributed by atoms with Gasteiger partial charge in [0.05, 0.1) is 16.1 Å².